The molecule has 0 amide bonds. The van der Waals surface area contributed by atoms with E-state index in [9.17, 15) is 4.57 Å². The van der Waals surface area contributed by atoms with Gasteiger partial charge in [0.05, 0.1) is 12.7 Å². The summed E-state index contributed by atoms with van der Waals surface area (Å²) in [6.45, 7) is 1.89. The Hall–Kier alpha value is 0.0700. The van der Waals surface area contributed by atoms with Gasteiger partial charge < -0.3 is 18.9 Å². The first-order valence-corrected chi connectivity index (χ1v) is 6.14. The van der Waals surface area contributed by atoms with Crippen LogP contribution in [0.1, 0.15) is 6.42 Å². The third-order valence-corrected chi connectivity index (χ3v) is 2.56. The van der Waals surface area contributed by atoms with Crippen molar-refractivity contribution in [3.63, 3.8) is 0 Å². The molecule has 1 N–H and O–H groups in total. The van der Waals surface area contributed by atoms with E-state index >= 15 is 0 Å². The van der Waals surface area contributed by atoms with Gasteiger partial charge in [-0.15, -0.1) is 0 Å². The molecule has 0 aliphatic carbocycles. The van der Waals surface area contributed by atoms with Crippen molar-refractivity contribution in [2.75, 3.05) is 27.0 Å². The van der Waals surface area contributed by atoms with Gasteiger partial charge in [-0.3, -0.25) is 4.57 Å². The molecule has 5 nitrogen and oxygen atoms in total. The van der Waals surface area contributed by atoms with Crippen molar-refractivity contribution in [1.29, 1.82) is 0 Å². The highest BCUT2D eigenvalue weighted by Crippen LogP contribution is 2.37. The average molecular weight is 210 g/mol. The van der Waals surface area contributed by atoms with Gasteiger partial charge in [0.2, 0.25) is 0 Å². The van der Waals surface area contributed by atoms with Crippen molar-refractivity contribution in [2.45, 2.75) is 18.6 Å². The molecule has 1 aliphatic rings. The van der Waals surface area contributed by atoms with Crippen molar-refractivity contribution in [2.24, 2.45) is 0 Å². The number of hydrogen-bond donors (Lipinski definition) is 1. The first kappa shape index (κ1) is 11.1. The van der Waals surface area contributed by atoms with Crippen LogP contribution in [0, 0.1) is 0 Å². The topological polar surface area (TPSA) is 65.0 Å². The van der Waals surface area contributed by atoms with E-state index < -0.39 is 7.60 Å². The fourth-order valence-electron chi connectivity index (χ4n) is 1.27. The Morgan fingerprint density at radius 2 is 2.38 bits per heavy atom. The standard InChI is InChI=1S/C7H15O5P/c1-10-6-3-4-11-7(6)5-12-13(2,8)9/h6-7H,3-5H2,1-2H3,(H,8,9)/t6-,7-/m1/s1. The van der Waals surface area contributed by atoms with Crippen molar-refractivity contribution in [1.82, 2.24) is 0 Å². The average Bonchev–Trinajstić information content (AvgIpc) is 2.46. The Morgan fingerprint density at radius 3 is 2.92 bits per heavy atom. The van der Waals surface area contributed by atoms with Crippen LogP contribution < -0.4 is 0 Å². The smallest absolute Gasteiger partial charge is 0.325 e. The van der Waals surface area contributed by atoms with Gasteiger partial charge in [-0.2, -0.15) is 0 Å². The third kappa shape index (κ3) is 3.75. The molecule has 0 aromatic carbocycles. The molecule has 6 heteroatoms. The molecule has 1 aliphatic heterocycles. The maximum Gasteiger partial charge on any atom is 0.325 e. The molecule has 0 bridgehead atoms. The minimum absolute atomic E-state index is 0.0217. The first-order chi connectivity index (χ1) is 6.03. The highest BCUT2D eigenvalue weighted by Gasteiger charge is 2.29. The lowest BCUT2D eigenvalue weighted by molar-refractivity contribution is -0.0104. The Labute approximate surface area is 77.5 Å². The third-order valence-electron chi connectivity index (χ3n) is 1.93. The Kier molecular flexibility index (Phi) is 3.88. The van der Waals surface area contributed by atoms with Crippen molar-refractivity contribution >= 4 is 7.60 Å². The van der Waals surface area contributed by atoms with Crippen LogP contribution in [0.25, 0.3) is 0 Å². The maximum absolute atomic E-state index is 10.8. The lowest BCUT2D eigenvalue weighted by Gasteiger charge is -2.17. The minimum atomic E-state index is -3.39. The summed E-state index contributed by atoms with van der Waals surface area (Å²) in [5.41, 5.74) is 0. The highest BCUT2D eigenvalue weighted by atomic mass is 31.2. The molecule has 3 atom stereocenters. The van der Waals surface area contributed by atoms with E-state index in [2.05, 4.69) is 0 Å². The van der Waals surface area contributed by atoms with Crippen LogP contribution >= 0.6 is 7.60 Å². The van der Waals surface area contributed by atoms with Gasteiger partial charge in [-0.1, -0.05) is 0 Å². The largest absolute Gasteiger partial charge is 0.379 e. The van der Waals surface area contributed by atoms with Gasteiger partial charge in [-0.25, -0.2) is 0 Å². The van der Waals surface area contributed by atoms with Gasteiger partial charge in [-0.05, 0) is 6.42 Å². The van der Waals surface area contributed by atoms with Gasteiger partial charge in [0.15, 0.2) is 0 Å². The number of rotatable bonds is 4. The molecule has 13 heavy (non-hydrogen) atoms. The Balaban J connectivity index is 2.32. The number of hydrogen-bond acceptors (Lipinski definition) is 4. The molecule has 0 spiro atoms. The second-order valence-corrected chi connectivity index (χ2v) is 4.93. The van der Waals surface area contributed by atoms with Crippen LogP contribution in [0.2, 0.25) is 0 Å². The van der Waals surface area contributed by atoms with Gasteiger partial charge in [0.25, 0.3) is 0 Å². The fourth-order valence-corrected chi connectivity index (χ4v) is 1.69. The number of methoxy groups -OCH3 is 1. The molecule has 78 valence electrons. The van der Waals surface area contributed by atoms with Crippen molar-refractivity contribution in [3.05, 3.63) is 0 Å². The molecule has 1 unspecified atom stereocenters. The normalized spacial score (nSPS) is 33.2. The fraction of sp³-hybridized carbons (Fsp3) is 1.00. The quantitative estimate of drug-likeness (QED) is 0.689. The summed E-state index contributed by atoms with van der Waals surface area (Å²) in [5.74, 6) is 0. The second-order valence-electron chi connectivity index (χ2n) is 3.07. The van der Waals surface area contributed by atoms with Gasteiger partial charge >= 0.3 is 7.60 Å². The summed E-state index contributed by atoms with van der Waals surface area (Å²) in [6.07, 6.45) is 0.571. The lowest BCUT2D eigenvalue weighted by atomic mass is 10.2. The SMILES string of the molecule is CO[C@@H]1CCO[C@@H]1COP(C)(=O)O. The molecule has 0 radical (unpaired) electrons. The zero-order chi connectivity index (χ0) is 9.90. The van der Waals surface area contributed by atoms with Crippen molar-refractivity contribution in [3.8, 4) is 0 Å². The molecule has 1 fully saturated rings. The predicted octanol–water partition coefficient (Wildman–Crippen LogP) is 0.622. The van der Waals surface area contributed by atoms with E-state index in [-0.39, 0.29) is 18.8 Å². The van der Waals surface area contributed by atoms with E-state index in [4.69, 9.17) is 18.9 Å². The summed E-state index contributed by atoms with van der Waals surface area (Å²) in [7, 11) is -1.80. The summed E-state index contributed by atoms with van der Waals surface area (Å²) in [6, 6.07) is 0. The molecule has 1 saturated heterocycles. The van der Waals surface area contributed by atoms with Crippen LogP contribution in [0.3, 0.4) is 0 Å². The van der Waals surface area contributed by atoms with Crippen LogP contribution in [-0.2, 0) is 18.6 Å². The van der Waals surface area contributed by atoms with E-state index in [0.29, 0.717) is 6.61 Å². The molecule has 1 rings (SSSR count). The molecule has 1 heterocycles. The van der Waals surface area contributed by atoms with Crippen LogP contribution in [0.4, 0.5) is 0 Å². The van der Waals surface area contributed by atoms with E-state index in [1.54, 1.807) is 7.11 Å². The van der Waals surface area contributed by atoms with E-state index in [1.165, 1.54) is 0 Å². The molecular formula is C7H15O5P. The maximum atomic E-state index is 10.8. The second kappa shape index (κ2) is 4.53. The monoisotopic (exact) mass is 210 g/mol. The Morgan fingerprint density at radius 1 is 1.69 bits per heavy atom. The van der Waals surface area contributed by atoms with Crippen LogP contribution in [0.15, 0.2) is 0 Å². The summed E-state index contributed by atoms with van der Waals surface area (Å²) in [4.78, 5) is 8.87. The first-order valence-electron chi connectivity index (χ1n) is 4.12. The van der Waals surface area contributed by atoms with E-state index in [1.807, 2.05) is 0 Å². The zero-order valence-corrected chi connectivity index (χ0v) is 8.70. The van der Waals surface area contributed by atoms with Gasteiger partial charge in [0, 0.05) is 20.4 Å². The lowest BCUT2D eigenvalue weighted by Crippen LogP contribution is -2.27. The number of ether oxygens (including phenoxy) is 2. The van der Waals surface area contributed by atoms with Gasteiger partial charge in [0.1, 0.15) is 6.10 Å². The zero-order valence-electron chi connectivity index (χ0n) is 7.80. The highest BCUT2D eigenvalue weighted by molar-refractivity contribution is 7.51. The predicted molar refractivity (Wildman–Crippen MR) is 46.9 cm³/mol. The molecule has 0 aromatic heterocycles. The minimum Gasteiger partial charge on any atom is -0.379 e. The van der Waals surface area contributed by atoms with Crippen LogP contribution in [0.5, 0.6) is 0 Å². The molecule has 0 aromatic rings. The summed E-state index contributed by atoms with van der Waals surface area (Å²) >= 11 is 0. The van der Waals surface area contributed by atoms with Crippen LogP contribution in [-0.4, -0.2) is 44.1 Å². The van der Waals surface area contributed by atoms with E-state index in [0.717, 1.165) is 13.1 Å². The Bertz CT molecular complexity index is 201. The summed E-state index contributed by atoms with van der Waals surface area (Å²) < 4.78 is 25.9. The molecule has 0 saturated carbocycles. The molecular weight excluding hydrogens is 195 g/mol. The summed E-state index contributed by atoms with van der Waals surface area (Å²) in [5, 5.41) is 0. The van der Waals surface area contributed by atoms with Crippen molar-refractivity contribution < 1.29 is 23.5 Å².